The van der Waals surface area contributed by atoms with Crippen LogP contribution >= 0.6 is 0 Å². The van der Waals surface area contributed by atoms with Crippen LogP contribution in [-0.2, 0) is 6.42 Å². The zero-order chi connectivity index (χ0) is 10.2. The van der Waals surface area contributed by atoms with Crippen LogP contribution in [0.25, 0.3) is 0 Å². The number of nitrogens with zero attached hydrogens (tertiary/aromatic N) is 1. The molecular weight excluding hydrogens is 174 g/mol. The molecule has 0 bridgehead atoms. The first kappa shape index (κ1) is 9.08. The maximum Gasteiger partial charge on any atom is 0.123 e. The summed E-state index contributed by atoms with van der Waals surface area (Å²) in [6.45, 7) is 4.23. The largest absolute Gasteiger partial charge is 0.487 e. The number of nitriles is 1. The molecule has 0 saturated carbocycles. The Balaban J connectivity index is 2.37. The Labute approximate surface area is 84.1 Å². The summed E-state index contributed by atoms with van der Waals surface area (Å²) in [4.78, 5) is 0. The normalized spacial score (nSPS) is 23.8. The van der Waals surface area contributed by atoms with Crippen molar-refractivity contribution in [1.82, 2.24) is 0 Å². The second-order valence-electron chi connectivity index (χ2n) is 4.02. The van der Waals surface area contributed by atoms with Crippen LogP contribution in [0, 0.1) is 11.3 Å². The molecule has 1 atom stereocenters. The molecule has 0 amide bonds. The second-order valence-corrected chi connectivity index (χ2v) is 4.02. The Kier molecular flexibility index (Phi) is 1.96. The van der Waals surface area contributed by atoms with Gasteiger partial charge in [0.05, 0.1) is 11.6 Å². The van der Waals surface area contributed by atoms with E-state index in [2.05, 4.69) is 19.9 Å². The van der Waals surface area contributed by atoms with Crippen molar-refractivity contribution < 1.29 is 4.74 Å². The molecule has 14 heavy (non-hydrogen) atoms. The first-order valence-corrected chi connectivity index (χ1v) is 4.89. The lowest BCUT2D eigenvalue weighted by Crippen LogP contribution is -2.28. The van der Waals surface area contributed by atoms with Gasteiger partial charge in [-0.1, -0.05) is 6.92 Å². The highest BCUT2D eigenvalue weighted by Gasteiger charge is 2.32. The average molecular weight is 187 g/mol. The third kappa shape index (κ3) is 1.35. The summed E-state index contributed by atoms with van der Waals surface area (Å²) in [5, 5.41) is 8.77. The molecule has 1 aliphatic heterocycles. The smallest absolute Gasteiger partial charge is 0.123 e. The van der Waals surface area contributed by atoms with Crippen LogP contribution in [0.1, 0.15) is 31.4 Å². The lowest BCUT2D eigenvalue weighted by atomic mass is 9.96. The van der Waals surface area contributed by atoms with Crippen molar-refractivity contribution in [3.8, 4) is 11.8 Å². The van der Waals surface area contributed by atoms with Crippen molar-refractivity contribution in [3.63, 3.8) is 0 Å². The average Bonchev–Trinajstić information content (AvgIpc) is 2.54. The highest BCUT2D eigenvalue weighted by molar-refractivity contribution is 5.45. The molecule has 0 N–H and O–H groups in total. The van der Waals surface area contributed by atoms with Gasteiger partial charge in [0, 0.05) is 6.42 Å². The minimum Gasteiger partial charge on any atom is -0.487 e. The zero-order valence-corrected chi connectivity index (χ0v) is 8.50. The van der Waals surface area contributed by atoms with Gasteiger partial charge in [0.1, 0.15) is 11.4 Å². The minimum absolute atomic E-state index is 0.0730. The summed E-state index contributed by atoms with van der Waals surface area (Å²) in [5.74, 6) is 0.938. The molecule has 1 aliphatic rings. The van der Waals surface area contributed by atoms with E-state index in [0.29, 0.717) is 5.56 Å². The van der Waals surface area contributed by atoms with Crippen molar-refractivity contribution in [1.29, 1.82) is 5.26 Å². The Bertz CT molecular complexity index is 405. The topological polar surface area (TPSA) is 33.0 Å². The third-order valence-electron chi connectivity index (χ3n) is 2.86. The van der Waals surface area contributed by atoms with E-state index in [9.17, 15) is 0 Å². The van der Waals surface area contributed by atoms with Crippen molar-refractivity contribution in [2.45, 2.75) is 32.3 Å². The molecule has 72 valence electrons. The molecule has 2 heteroatoms. The van der Waals surface area contributed by atoms with Gasteiger partial charge in [0.2, 0.25) is 0 Å². The fourth-order valence-electron chi connectivity index (χ4n) is 1.79. The number of benzene rings is 1. The molecular formula is C12H13NO. The van der Waals surface area contributed by atoms with Gasteiger partial charge in [-0.2, -0.15) is 5.26 Å². The number of rotatable bonds is 1. The van der Waals surface area contributed by atoms with E-state index in [1.165, 1.54) is 0 Å². The van der Waals surface area contributed by atoms with E-state index < -0.39 is 0 Å². The molecule has 0 radical (unpaired) electrons. The van der Waals surface area contributed by atoms with Crippen molar-refractivity contribution >= 4 is 0 Å². The highest BCUT2D eigenvalue weighted by atomic mass is 16.5. The molecule has 0 aliphatic carbocycles. The number of hydrogen-bond acceptors (Lipinski definition) is 2. The van der Waals surface area contributed by atoms with E-state index in [1.807, 2.05) is 12.1 Å². The molecule has 0 spiro atoms. The Morgan fingerprint density at radius 1 is 1.57 bits per heavy atom. The Morgan fingerprint density at radius 2 is 2.36 bits per heavy atom. The quantitative estimate of drug-likeness (QED) is 0.677. The number of fused-ring (bicyclic) bond motifs is 1. The van der Waals surface area contributed by atoms with E-state index in [4.69, 9.17) is 10.00 Å². The molecule has 1 heterocycles. The van der Waals surface area contributed by atoms with Crippen LogP contribution in [0.4, 0.5) is 0 Å². The van der Waals surface area contributed by atoms with Gasteiger partial charge in [-0.15, -0.1) is 0 Å². The first-order chi connectivity index (χ1) is 6.67. The van der Waals surface area contributed by atoms with E-state index in [-0.39, 0.29) is 5.60 Å². The monoisotopic (exact) mass is 187 g/mol. The molecule has 1 unspecified atom stereocenters. The van der Waals surface area contributed by atoms with Crippen molar-refractivity contribution in [2.24, 2.45) is 0 Å². The summed E-state index contributed by atoms with van der Waals surface area (Å²) in [7, 11) is 0. The minimum atomic E-state index is -0.0730. The SMILES string of the molecule is CCC1(C)Cc2cc(C#N)ccc2O1. The van der Waals surface area contributed by atoms with E-state index in [1.54, 1.807) is 6.07 Å². The fourth-order valence-corrected chi connectivity index (χ4v) is 1.79. The highest BCUT2D eigenvalue weighted by Crippen LogP contribution is 2.36. The summed E-state index contributed by atoms with van der Waals surface area (Å²) in [6.07, 6.45) is 1.90. The summed E-state index contributed by atoms with van der Waals surface area (Å²) in [6, 6.07) is 7.78. The van der Waals surface area contributed by atoms with Crippen LogP contribution < -0.4 is 4.74 Å². The van der Waals surface area contributed by atoms with Gasteiger partial charge in [-0.25, -0.2) is 0 Å². The van der Waals surface area contributed by atoms with Crippen molar-refractivity contribution in [3.05, 3.63) is 29.3 Å². The molecule has 2 nitrogen and oxygen atoms in total. The molecule has 2 rings (SSSR count). The van der Waals surface area contributed by atoms with Crippen LogP contribution in [0.5, 0.6) is 5.75 Å². The fraction of sp³-hybridized carbons (Fsp3) is 0.417. The molecule has 0 aromatic heterocycles. The van der Waals surface area contributed by atoms with Crippen LogP contribution in [0.2, 0.25) is 0 Å². The Morgan fingerprint density at radius 3 is 3.00 bits per heavy atom. The van der Waals surface area contributed by atoms with Gasteiger partial charge in [0.25, 0.3) is 0 Å². The predicted octanol–water partition coefficient (Wildman–Crippen LogP) is 2.66. The maximum absolute atomic E-state index is 8.77. The van der Waals surface area contributed by atoms with Crippen molar-refractivity contribution in [2.75, 3.05) is 0 Å². The lowest BCUT2D eigenvalue weighted by molar-refractivity contribution is 0.112. The molecule has 0 fully saturated rings. The molecule has 1 aromatic rings. The van der Waals surface area contributed by atoms with Gasteiger partial charge in [0.15, 0.2) is 0 Å². The van der Waals surface area contributed by atoms with Crippen LogP contribution in [0.15, 0.2) is 18.2 Å². The number of ether oxygens (including phenoxy) is 1. The van der Waals surface area contributed by atoms with Crippen LogP contribution in [0.3, 0.4) is 0 Å². The summed E-state index contributed by atoms with van der Waals surface area (Å²) in [5.41, 5.74) is 1.80. The number of hydrogen-bond donors (Lipinski definition) is 0. The van der Waals surface area contributed by atoms with E-state index >= 15 is 0 Å². The lowest BCUT2D eigenvalue weighted by Gasteiger charge is -2.21. The molecule has 1 aromatic carbocycles. The second kappa shape index (κ2) is 3.02. The Hall–Kier alpha value is -1.49. The predicted molar refractivity (Wildman–Crippen MR) is 54.2 cm³/mol. The van der Waals surface area contributed by atoms with Gasteiger partial charge < -0.3 is 4.74 Å². The summed E-state index contributed by atoms with van der Waals surface area (Å²) < 4.78 is 5.83. The van der Waals surface area contributed by atoms with Crippen LogP contribution in [-0.4, -0.2) is 5.60 Å². The molecule has 0 saturated heterocycles. The third-order valence-corrected chi connectivity index (χ3v) is 2.86. The van der Waals surface area contributed by atoms with Gasteiger partial charge in [-0.05, 0) is 37.1 Å². The van der Waals surface area contributed by atoms with Gasteiger partial charge >= 0.3 is 0 Å². The first-order valence-electron chi connectivity index (χ1n) is 4.89. The maximum atomic E-state index is 8.77. The zero-order valence-electron chi connectivity index (χ0n) is 8.50. The summed E-state index contributed by atoms with van der Waals surface area (Å²) >= 11 is 0. The standard InChI is InChI=1S/C12H13NO/c1-3-12(2)7-10-6-9(8-13)4-5-11(10)14-12/h4-6H,3,7H2,1-2H3. The van der Waals surface area contributed by atoms with E-state index in [0.717, 1.165) is 24.2 Å². The van der Waals surface area contributed by atoms with Gasteiger partial charge in [-0.3, -0.25) is 0 Å².